The van der Waals surface area contributed by atoms with Crippen molar-refractivity contribution in [3.05, 3.63) is 23.2 Å². The molecule has 0 aliphatic heterocycles. The molecule has 0 unspecified atom stereocenters. The highest BCUT2D eigenvalue weighted by Gasteiger charge is 2.21. The summed E-state index contributed by atoms with van der Waals surface area (Å²) in [5.41, 5.74) is 0.736. The lowest BCUT2D eigenvalue weighted by atomic mass is 9.96. The molecule has 21 heavy (non-hydrogen) atoms. The summed E-state index contributed by atoms with van der Waals surface area (Å²) in [5.74, 6) is 0. The first kappa shape index (κ1) is 15.0. The Morgan fingerprint density at radius 1 is 1.24 bits per heavy atom. The van der Waals surface area contributed by atoms with Crippen LogP contribution >= 0.6 is 22.9 Å². The Morgan fingerprint density at radius 2 is 2.00 bits per heavy atom. The van der Waals surface area contributed by atoms with Crippen LogP contribution < -0.4 is 9.44 Å². The van der Waals surface area contributed by atoms with Crippen LogP contribution in [0.3, 0.4) is 0 Å². The molecular weight excluding hydrogens is 330 g/mol. The van der Waals surface area contributed by atoms with Crippen molar-refractivity contribution < 1.29 is 8.42 Å². The number of nitrogens with one attached hydrogen (secondary N) is 2. The van der Waals surface area contributed by atoms with Gasteiger partial charge in [-0.15, -0.1) is 0 Å². The molecule has 0 amide bonds. The molecule has 0 atom stereocenters. The van der Waals surface area contributed by atoms with Gasteiger partial charge in [-0.3, -0.25) is 0 Å². The molecule has 2 aromatic rings. The lowest BCUT2D eigenvalue weighted by Gasteiger charge is -2.22. The second-order valence-electron chi connectivity index (χ2n) is 5.19. The fraction of sp³-hybridized carbons (Fsp3) is 0.462. The van der Waals surface area contributed by atoms with Crippen molar-refractivity contribution in [1.29, 1.82) is 0 Å². The molecule has 0 radical (unpaired) electrons. The van der Waals surface area contributed by atoms with E-state index in [-0.39, 0.29) is 6.04 Å². The number of halogens is 1. The molecule has 0 bridgehead atoms. The van der Waals surface area contributed by atoms with Crippen molar-refractivity contribution in [2.75, 3.05) is 4.72 Å². The monoisotopic (exact) mass is 345 g/mol. The molecule has 1 aromatic heterocycles. The number of anilines is 1. The molecule has 1 heterocycles. The van der Waals surface area contributed by atoms with Gasteiger partial charge in [-0.05, 0) is 31.0 Å². The Morgan fingerprint density at radius 3 is 2.76 bits per heavy atom. The molecule has 5 nitrogen and oxygen atoms in total. The van der Waals surface area contributed by atoms with Gasteiger partial charge in [-0.25, -0.2) is 9.71 Å². The standard InChI is InChI=1S/C13H16ClN3O2S2/c14-9-6-7-11-12(8-9)20-13(15-11)17-21(18,19)16-10-4-2-1-3-5-10/h6-8,10,16H,1-5H2,(H,15,17). The minimum absolute atomic E-state index is 0.0278. The molecule has 1 aliphatic carbocycles. The molecule has 0 saturated heterocycles. The van der Waals surface area contributed by atoms with E-state index in [1.165, 1.54) is 17.8 Å². The van der Waals surface area contributed by atoms with Gasteiger partial charge in [0.25, 0.3) is 0 Å². The van der Waals surface area contributed by atoms with E-state index in [0.29, 0.717) is 10.2 Å². The lowest BCUT2D eigenvalue weighted by Crippen LogP contribution is -2.39. The average Bonchev–Trinajstić information content (AvgIpc) is 2.79. The zero-order chi connectivity index (χ0) is 14.9. The van der Waals surface area contributed by atoms with E-state index < -0.39 is 10.2 Å². The van der Waals surface area contributed by atoms with E-state index >= 15 is 0 Å². The van der Waals surface area contributed by atoms with Gasteiger partial charge in [-0.1, -0.05) is 42.2 Å². The molecule has 3 rings (SSSR count). The first-order chi connectivity index (χ1) is 10.0. The van der Waals surface area contributed by atoms with Crippen LogP contribution in [-0.4, -0.2) is 19.4 Å². The quantitative estimate of drug-likeness (QED) is 0.890. The van der Waals surface area contributed by atoms with Gasteiger partial charge >= 0.3 is 10.2 Å². The summed E-state index contributed by atoms with van der Waals surface area (Å²) >= 11 is 7.19. The predicted octanol–water partition coefficient (Wildman–Crippen LogP) is 3.53. The number of hydrogen-bond acceptors (Lipinski definition) is 4. The molecular formula is C13H16ClN3O2S2. The van der Waals surface area contributed by atoms with Gasteiger partial charge in [0.05, 0.1) is 10.2 Å². The minimum atomic E-state index is -3.58. The highest BCUT2D eigenvalue weighted by molar-refractivity contribution is 7.91. The predicted molar refractivity (Wildman–Crippen MR) is 87.2 cm³/mol. The number of aromatic nitrogens is 1. The fourth-order valence-corrected chi connectivity index (χ4v) is 5.02. The van der Waals surface area contributed by atoms with E-state index in [9.17, 15) is 8.42 Å². The number of fused-ring (bicyclic) bond motifs is 1. The van der Waals surface area contributed by atoms with Crippen molar-refractivity contribution >= 4 is 48.5 Å². The molecule has 1 fully saturated rings. The van der Waals surface area contributed by atoms with E-state index in [1.54, 1.807) is 18.2 Å². The van der Waals surface area contributed by atoms with Gasteiger partial charge in [0, 0.05) is 11.1 Å². The highest BCUT2D eigenvalue weighted by atomic mass is 35.5. The van der Waals surface area contributed by atoms with Crippen LogP contribution in [0.4, 0.5) is 5.13 Å². The molecule has 8 heteroatoms. The van der Waals surface area contributed by atoms with E-state index in [0.717, 1.165) is 35.9 Å². The second kappa shape index (κ2) is 6.08. The van der Waals surface area contributed by atoms with E-state index in [1.807, 2.05) is 0 Å². The summed E-state index contributed by atoms with van der Waals surface area (Å²) in [6, 6.07) is 5.32. The topological polar surface area (TPSA) is 71.1 Å². The molecule has 2 N–H and O–H groups in total. The molecule has 0 spiro atoms. The van der Waals surface area contributed by atoms with Crippen molar-refractivity contribution in [1.82, 2.24) is 9.71 Å². The first-order valence-corrected chi connectivity index (χ1v) is 9.56. The molecule has 1 aliphatic rings. The highest BCUT2D eigenvalue weighted by Crippen LogP contribution is 2.28. The van der Waals surface area contributed by atoms with Crippen LogP contribution in [0.2, 0.25) is 5.02 Å². The second-order valence-corrected chi connectivity index (χ2v) is 8.10. The molecule has 1 saturated carbocycles. The SMILES string of the molecule is O=S(=O)(Nc1nc2ccc(Cl)cc2s1)NC1CCCCC1. The number of thiazole rings is 1. The summed E-state index contributed by atoms with van der Waals surface area (Å²) < 4.78 is 30.3. The van der Waals surface area contributed by atoms with Crippen LogP contribution in [0.25, 0.3) is 10.2 Å². The van der Waals surface area contributed by atoms with E-state index in [2.05, 4.69) is 14.4 Å². The Balaban J connectivity index is 1.73. The smallest absolute Gasteiger partial charge is 0.246 e. The fourth-order valence-electron chi connectivity index (χ4n) is 2.53. The van der Waals surface area contributed by atoms with Gasteiger partial charge < -0.3 is 0 Å². The Bertz CT molecular complexity index is 739. The van der Waals surface area contributed by atoms with E-state index in [4.69, 9.17) is 11.6 Å². The Hall–Kier alpha value is -0.890. The zero-order valence-electron chi connectivity index (χ0n) is 11.3. The zero-order valence-corrected chi connectivity index (χ0v) is 13.7. The van der Waals surface area contributed by atoms with Crippen molar-refractivity contribution in [3.8, 4) is 0 Å². The molecule has 1 aromatic carbocycles. The number of hydrogen-bond donors (Lipinski definition) is 2. The Labute approximate surface area is 132 Å². The van der Waals surface area contributed by atoms with Crippen LogP contribution in [0.1, 0.15) is 32.1 Å². The lowest BCUT2D eigenvalue weighted by molar-refractivity contribution is 0.413. The third kappa shape index (κ3) is 3.85. The maximum atomic E-state index is 12.1. The average molecular weight is 346 g/mol. The van der Waals surface area contributed by atoms with Crippen molar-refractivity contribution in [2.45, 2.75) is 38.1 Å². The molecule has 114 valence electrons. The first-order valence-electron chi connectivity index (χ1n) is 6.88. The van der Waals surface area contributed by atoms with Crippen LogP contribution in [0.5, 0.6) is 0 Å². The number of rotatable bonds is 4. The summed E-state index contributed by atoms with van der Waals surface area (Å²) in [7, 11) is -3.58. The largest absolute Gasteiger partial charge is 0.301 e. The van der Waals surface area contributed by atoms with Crippen LogP contribution in [0.15, 0.2) is 18.2 Å². The van der Waals surface area contributed by atoms with Crippen molar-refractivity contribution in [2.24, 2.45) is 0 Å². The number of benzene rings is 1. The summed E-state index contributed by atoms with van der Waals surface area (Å²) in [6.45, 7) is 0. The Kier molecular flexibility index (Phi) is 4.35. The van der Waals surface area contributed by atoms with Crippen LogP contribution in [0, 0.1) is 0 Å². The maximum Gasteiger partial charge on any atom is 0.301 e. The normalized spacial score (nSPS) is 17.2. The van der Waals surface area contributed by atoms with Gasteiger partial charge in [0.15, 0.2) is 5.13 Å². The minimum Gasteiger partial charge on any atom is -0.246 e. The summed E-state index contributed by atoms with van der Waals surface area (Å²) in [4.78, 5) is 4.26. The third-order valence-electron chi connectivity index (χ3n) is 3.50. The maximum absolute atomic E-state index is 12.1. The van der Waals surface area contributed by atoms with Gasteiger partial charge in [0.1, 0.15) is 0 Å². The van der Waals surface area contributed by atoms with Gasteiger partial charge in [-0.2, -0.15) is 13.1 Å². The van der Waals surface area contributed by atoms with Crippen LogP contribution in [-0.2, 0) is 10.2 Å². The summed E-state index contributed by atoms with van der Waals surface area (Å²) in [6.07, 6.45) is 5.14. The van der Waals surface area contributed by atoms with Gasteiger partial charge in [0.2, 0.25) is 0 Å². The summed E-state index contributed by atoms with van der Waals surface area (Å²) in [5, 5.41) is 0.969. The number of nitrogens with zero attached hydrogens (tertiary/aromatic N) is 1. The van der Waals surface area contributed by atoms with Crippen molar-refractivity contribution in [3.63, 3.8) is 0 Å². The third-order valence-corrected chi connectivity index (χ3v) is 5.90.